The zero-order valence-corrected chi connectivity index (χ0v) is 12.5. The minimum Gasteiger partial charge on any atom is -0.451 e. The standard InChI is InChI=1S/C14H12BrN3O3/c15-9-2-1-3-11(6-9)18-13(19)8-21-14(20)12-5-4-10(16)7-17-12/h1-7H,8,16H2,(H,18,19). The van der Waals surface area contributed by atoms with E-state index in [2.05, 4.69) is 26.2 Å². The van der Waals surface area contributed by atoms with Crippen molar-refractivity contribution >= 4 is 39.2 Å². The highest BCUT2D eigenvalue weighted by molar-refractivity contribution is 9.10. The monoisotopic (exact) mass is 349 g/mol. The summed E-state index contributed by atoms with van der Waals surface area (Å²) >= 11 is 3.30. The minimum atomic E-state index is -0.681. The first-order valence-electron chi connectivity index (χ1n) is 5.98. The summed E-state index contributed by atoms with van der Waals surface area (Å²) in [5.41, 5.74) is 6.61. The number of nitrogens with one attached hydrogen (secondary N) is 1. The molecule has 108 valence electrons. The van der Waals surface area contributed by atoms with Gasteiger partial charge in [0.2, 0.25) is 0 Å². The lowest BCUT2D eigenvalue weighted by molar-refractivity contribution is -0.119. The number of halogens is 1. The summed E-state index contributed by atoms with van der Waals surface area (Å²) in [6, 6.07) is 10.1. The van der Waals surface area contributed by atoms with E-state index in [1.807, 2.05) is 6.07 Å². The number of aromatic nitrogens is 1. The summed E-state index contributed by atoms with van der Waals surface area (Å²) in [5, 5.41) is 2.61. The van der Waals surface area contributed by atoms with Crippen LogP contribution in [0.4, 0.5) is 11.4 Å². The van der Waals surface area contributed by atoms with Crippen LogP contribution in [0.25, 0.3) is 0 Å². The Morgan fingerprint density at radius 2 is 2.10 bits per heavy atom. The van der Waals surface area contributed by atoms with E-state index in [1.165, 1.54) is 18.3 Å². The number of amides is 1. The molecule has 2 rings (SSSR count). The number of nitrogens with two attached hydrogens (primary N) is 1. The molecule has 2 aromatic rings. The molecular formula is C14H12BrN3O3. The Morgan fingerprint density at radius 1 is 1.29 bits per heavy atom. The van der Waals surface area contributed by atoms with Gasteiger partial charge in [-0.2, -0.15) is 0 Å². The number of ether oxygens (including phenoxy) is 1. The van der Waals surface area contributed by atoms with Crippen molar-refractivity contribution in [3.8, 4) is 0 Å². The number of nitrogen functional groups attached to an aromatic ring is 1. The Morgan fingerprint density at radius 3 is 2.76 bits per heavy atom. The topological polar surface area (TPSA) is 94.3 Å². The molecule has 3 N–H and O–H groups in total. The van der Waals surface area contributed by atoms with Crippen molar-refractivity contribution in [3.63, 3.8) is 0 Å². The number of hydrogen-bond acceptors (Lipinski definition) is 5. The third-order valence-corrected chi connectivity index (χ3v) is 2.93. The van der Waals surface area contributed by atoms with Gasteiger partial charge >= 0.3 is 5.97 Å². The van der Waals surface area contributed by atoms with Gasteiger partial charge in [-0.1, -0.05) is 22.0 Å². The first kappa shape index (κ1) is 15.0. The molecule has 7 heteroatoms. The van der Waals surface area contributed by atoms with Crippen LogP contribution < -0.4 is 11.1 Å². The molecule has 0 atom stereocenters. The van der Waals surface area contributed by atoms with E-state index in [9.17, 15) is 9.59 Å². The van der Waals surface area contributed by atoms with Crippen molar-refractivity contribution in [1.29, 1.82) is 0 Å². The van der Waals surface area contributed by atoms with Gasteiger partial charge in [0.1, 0.15) is 5.69 Å². The van der Waals surface area contributed by atoms with Crippen molar-refractivity contribution in [3.05, 3.63) is 52.8 Å². The van der Waals surface area contributed by atoms with Crippen LogP contribution in [0, 0.1) is 0 Å². The van der Waals surface area contributed by atoms with Crippen LogP contribution in [-0.4, -0.2) is 23.5 Å². The average molecular weight is 350 g/mol. The second-order valence-corrected chi connectivity index (χ2v) is 5.03. The van der Waals surface area contributed by atoms with Crippen LogP contribution >= 0.6 is 15.9 Å². The lowest BCUT2D eigenvalue weighted by atomic mass is 10.3. The molecule has 0 fully saturated rings. The number of rotatable bonds is 4. The number of benzene rings is 1. The lowest BCUT2D eigenvalue weighted by Crippen LogP contribution is -2.21. The maximum absolute atomic E-state index is 11.7. The Labute approximate surface area is 129 Å². The van der Waals surface area contributed by atoms with Gasteiger partial charge in [0.05, 0.1) is 11.9 Å². The van der Waals surface area contributed by atoms with E-state index >= 15 is 0 Å². The maximum Gasteiger partial charge on any atom is 0.357 e. The Kier molecular flexibility index (Phi) is 4.89. The number of pyridine rings is 1. The van der Waals surface area contributed by atoms with Gasteiger partial charge < -0.3 is 15.8 Å². The third kappa shape index (κ3) is 4.57. The van der Waals surface area contributed by atoms with Crippen molar-refractivity contribution in [2.24, 2.45) is 0 Å². The first-order chi connectivity index (χ1) is 10.0. The van der Waals surface area contributed by atoms with Crippen molar-refractivity contribution < 1.29 is 14.3 Å². The molecule has 21 heavy (non-hydrogen) atoms. The molecular weight excluding hydrogens is 338 g/mol. The maximum atomic E-state index is 11.7. The van der Waals surface area contributed by atoms with Gasteiger partial charge in [-0.3, -0.25) is 4.79 Å². The highest BCUT2D eigenvalue weighted by atomic mass is 79.9. The number of anilines is 2. The van der Waals surface area contributed by atoms with E-state index in [-0.39, 0.29) is 5.69 Å². The van der Waals surface area contributed by atoms with Gasteiger partial charge in [-0.15, -0.1) is 0 Å². The summed E-state index contributed by atoms with van der Waals surface area (Å²) in [4.78, 5) is 27.1. The Balaban J connectivity index is 1.86. The van der Waals surface area contributed by atoms with E-state index < -0.39 is 18.5 Å². The third-order valence-electron chi connectivity index (χ3n) is 2.44. The fourth-order valence-corrected chi connectivity index (χ4v) is 1.89. The molecule has 1 aromatic heterocycles. The molecule has 0 unspecified atom stereocenters. The van der Waals surface area contributed by atoms with Crippen molar-refractivity contribution in [2.75, 3.05) is 17.7 Å². The van der Waals surface area contributed by atoms with Crippen LogP contribution in [0.1, 0.15) is 10.5 Å². The predicted molar refractivity (Wildman–Crippen MR) is 81.7 cm³/mol. The van der Waals surface area contributed by atoms with Gasteiger partial charge in [0.25, 0.3) is 5.91 Å². The number of hydrogen-bond donors (Lipinski definition) is 2. The summed E-state index contributed by atoms with van der Waals surface area (Å²) in [7, 11) is 0. The highest BCUT2D eigenvalue weighted by Crippen LogP contribution is 2.15. The zero-order valence-electron chi connectivity index (χ0n) is 10.9. The van der Waals surface area contributed by atoms with E-state index in [0.29, 0.717) is 11.4 Å². The molecule has 0 bridgehead atoms. The fraction of sp³-hybridized carbons (Fsp3) is 0.0714. The molecule has 1 heterocycles. The molecule has 1 amide bonds. The molecule has 6 nitrogen and oxygen atoms in total. The molecule has 0 aliphatic rings. The fourth-order valence-electron chi connectivity index (χ4n) is 1.49. The molecule has 1 aromatic carbocycles. The summed E-state index contributed by atoms with van der Waals surface area (Å²) in [6.07, 6.45) is 1.35. The summed E-state index contributed by atoms with van der Waals surface area (Å²) in [5.74, 6) is -1.11. The smallest absolute Gasteiger partial charge is 0.357 e. The highest BCUT2D eigenvalue weighted by Gasteiger charge is 2.11. The molecule has 0 saturated carbocycles. The number of carbonyl (C=O) groups excluding carboxylic acids is 2. The lowest BCUT2D eigenvalue weighted by Gasteiger charge is -2.06. The minimum absolute atomic E-state index is 0.0967. The Hall–Kier alpha value is -2.41. The van der Waals surface area contributed by atoms with E-state index in [0.717, 1.165) is 4.47 Å². The SMILES string of the molecule is Nc1ccc(C(=O)OCC(=O)Nc2cccc(Br)c2)nc1. The van der Waals surface area contributed by atoms with Gasteiger partial charge in [0.15, 0.2) is 6.61 Å². The summed E-state index contributed by atoms with van der Waals surface area (Å²) in [6.45, 7) is -0.391. The molecule has 0 aliphatic heterocycles. The number of esters is 1. The first-order valence-corrected chi connectivity index (χ1v) is 6.78. The van der Waals surface area contributed by atoms with Crippen LogP contribution in [0.3, 0.4) is 0 Å². The zero-order chi connectivity index (χ0) is 15.2. The second-order valence-electron chi connectivity index (χ2n) is 4.11. The predicted octanol–water partition coefficient (Wildman–Crippen LogP) is 2.22. The Bertz CT molecular complexity index is 659. The van der Waals surface area contributed by atoms with Crippen LogP contribution in [0.15, 0.2) is 47.1 Å². The van der Waals surface area contributed by atoms with Crippen LogP contribution in [0.2, 0.25) is 0 Å². The molecule has 0 saturated heterocycles. The molecule has 0 spiro atoms. The van der Waals surface area contributed by atoms with Crippen LogP contribution in [-0.2, 0) is 9.53 Å². The number of carbonyl (C=O) groups is 2. The summed E-state index contributed by atoms with van der Waals surface area (Å²) < 4.78 is 5.70. The van der Waals surface area contributed by atoms with Crippen molar-refractivity contribution in [2.45, 2.75) is 0 Å². The van der Waals surface area contributed by atoms with Crippen LogP contribution in [0.5, 0.6) is 0 Å². The van der Waals surface area contributed by atoms with Gasteiger partial charge in [0, 0.05) is 10.2 Å². The molecule has 0 radical (unpaired) electrons. The van der Waals surface area contributed by atoms with Crippen molar-refractivity contribution in [1.82, 2.24) is 4.98 Å². The molecule has 0 aliphatic carbocycles. The quantitative estimate of drug-likeness (QED) is 0.825. The normalized spacial score (nSPS) is 9.95. The van der Waals surface area contributed by atoms with E-state index in [4.69, 9.17) is 10.5 Å². The van der Waals surface area contributed by atoms with Gasteiger partial charge in [-0.25, -0.2) is 9.78 Å². The number of nitrogens with zero attached hydrogens (tertiary/aromatic N) is 1. The van der Waals surface area contributed by atoms with E-state index in [1.54, 1.807) is 18.2 Å². The largest absolute Gasteiger partial charge is 0.451 e. The average Bonchev–Trinajstić information content (AvgIpc) is 2.45. The van der Waals surface area contributed by atoms with Gasteiger partial charge in [-0.05, 0) is 30.3 Å². The second kappa shape index (κ2) is 6.85.